The molecule has 0 aliphatic heterocycles. The lowest BCUT2D eigenvalue weighted by molar-refractivity contribution is 0.232. The summed E-state index contributed by atoms with van der Waals surface area (Å²) in [6.45, 7) is 5.77. The van der Waals surface area contributed by atoms with Crippen LogP contribution in [-0.2, 0) is 0 Å². The molecule has 5 heteroatoms. The fourth-order valence-electron chi connectivity index (χ4n) is 1.54. The number of aromatic nitrogens is 2. The van der Waals surface area contributed by atoms with Crippen molar-refractivity contribution in [2.24, 2.45) is 0 Å². The van der Waals surface area contributed by atoms with Gasteiger partial charge in [-0.05, 0) is 32.4 Å². The van der Waals surface area contributed by atoms with Crippen molar-refractivity contribution in [1.82, 2.24) is 9.97 Å². The molecule has 0 atom stereocenters. The van der Waals surface area contributed by atoms with Crippen molar-refractivity contribution in [3.63, 3.8) is 0 Å². The summed E-state index contributed by atoms with van der Waals surface area (Å²) in [7, 11) is 0. The second-order valence-corrected chi connectivity index (χ2v) is 4.43. The summed E-state index contributed by atoms with van der Waals surface area (Å²) in [6, 6.07) is 7.65. The zero-order valence-electron chi connectivity index (χ0n) is 11.3. The summed E-state index contributed by atoms with van der Waals surface area (Å²) in [5.41, 5.74) is 7.27. The van der Waals surface area contributed by atoms with Crippen LogP contribution in [0.1, 0.15) is 19.4 Å². The Morgan fingerprint density at radius 3 is 2.47 bits per heavy atom. The summed E-state index contributed by atoms with van der Waals surface area (Å²) in [4.78, 5) is 8.05. The van der Waals surface area contributed by atoms with Crippen LogP contribution in [0.15, 0.2) is 30.6 Å². The second kappa shape index (κ2) is 5.56. The van der Waals surface area contributed by atoms with E-state index in [2.05, 4.69) is 9.97 Å². The highest BCUT2D eigenvalue weighted by molar-refractivity contribution is 5.57. The van der Waals surface area contributed by atoms with Gasteiger partial charge in [-0.25, -0.2) is 0 Å². The van der Waals surface area contributed by atoms with Crippen LogP contribution in [-0.4, -0.2) is 16.1 Å². The average molecular weight is 259 g/mol. The topological polar surface area (TPSA) is 70.3 Å². The first-order valence-electron chi connectivity index (χ1n) is 6.08. The van der Waals surface area contributed by atoms with E-state index in [0.717, 1.165) is 5.56 Å². The van der Waals surface area contributed by atoms with Crippen LogP contribution in [0.3, 0.4) is 0 Å². The number of ether oxygens (including phenoxy) is 2. The molecule has 100 valence electrons. The fourth-order valence-corrected chi connectivity index (χ4v) is 1.54. The quantitative estimate of drug-likeness (QED) is 0.914. The Labute approximate surface area is 112 Å². The van der Waals surface area contributed by atoms with Crippen LogP contribution >= 0.6 is 0 Å². The van der Waals surface area contributed by atoms with Gasteiger partial charge in [0.25, 0.3) is 0 Å². The lowest BCUT2D eigenvalue weighted by atomic mass is 10.2. The van der Waals surface area contributed by atoms with E-state index in [1.54, 1.807) is 0 Å². The Morgan fingerprint density at radius 2 is 1.79 bits per heavy atom. The number of nitrogens with zero attached hydrogens (tertiary/aromatic N) is 2. The third kappa shape index (κ3) is 3.13. The Bertz CT molecular complexity index is 570. The molecule has 1 aromatic carbocycles. The Balaban J connectivity index is 2.28. The standard InChI is InChI=1S/C14H17N3O2/c1-9(2)18-13-12(15)14(17-8-16-13)19-11-7-5-4-6-10(11)3/h4-9H,15H2,1-3H3. The summed E-state index contributed by atoms with van der Waals surface area (Å²) >= 11 is 0. The number of hydrogen-bond acceptors (Lipinski definition) is 5. The number of rotatable bonds is 4. The van der Waals surface area contributed by atoms with Crippen molar-refractivity contribution in [1.29, 1.82) is 0 Å². The van der Waals surface area contributed by atoms with Crippen LogP contribution < -0.4 is 15.2 Å². The van der Waals surface area contributed by atoms with Crippen molar-refractivity contribution < 1.29 is 9.47 Å². The van der Waals surface area contributed by atoms with Crippen LogP contribution in [0.25, 0.3) is 0 Å². The van der Waals surface area contributed by atoms with Crippen LogP contribution in [0.4, 0.5) is 5.69 Å². The molecule has 2 N–H and O–H groups in total. The van der Waals surface area contributed by atoms with Crippen LogP contribution in [0.2, 0.25) is 0 Å². The van der Waals surface area contributed by atoms with Crippen molar-refractivity contribution >= 4 is 5.69 Å². The van der Waals surface area contributed by atoms with Gasteiger partial charge in [0.2, 0.25) is 11.8 Å². The maximum atomic E-state index is 5.95. The molecule has 0 bridgehead atoms. The number of anilines is 1. The third-order valence-electron chi connectivity index (χ3n) is 2.46. The molecule has 2 aromatic rings. The van der Waals surface area contributed by atoms with Gasteiger partial charge in [-0.2, -0.15) is 9.97 Å². The molecule has 0 amide bonds. The number of aryl methyl sites for hydroxylation is 1. The molecule has 0 spiro atoms. The molecule has 2 rings (SSSR count). The number of benzene rings is 1. The lowest BCUT2D eigenvalue weighted by Crippen LogP contribution is -2.10. The van der Waals surface area contributed by atoms with Crippen molar-refractivity contribution in [2.45, 2.75) is 26.9 Å². The van der Waals surface area contributed by atoms with Gasteiger partial charge in [-0.3, -0.25) is 0 Å². The van der Waals surface area contributed by atoms with Gasteiger partial charge in [0.15, 0.2) is 5.69 Å². The average Bonchev–Trinajstić information content (AvgIpc) is 2.36. The number of para-hydroxylation sites is 1. The molecular weight excluding hydrogens is 242 g/mol. The second-order valence-electron chi connectivity index (χ2n) is 4.43. The van der Waals surface area contributed by atoms with Gasteiger partial charge in [-0.15, -0.1) is 0 Å². The molecule has 0 radical (unpaired) electrons. The predicted molar refractivity (Wildman–Crippen MR) is 73.5 cm³/mol. The smallest absolute Gasteiger partial charge is 0.249 e. The number of nitrogens with two attached hydrogens (primary N) is 1. The van der Waals surface area contributed by atoms with E-state index in [-0.39, 0.29) is 6.10 Å². The highest BCUT2D eigenvalue weighted by atomic mass is 16.5. The van der Waals surface area contributed by atoms with E-state index in [0.29, 0.717) is 23.2 Å². The molecule has 19 heavy (non-hydrogen) atoms. The van der Waals surface area contributed by atoms with Crippen molar-refractivity contribution in [2.75, 3.05) is 5.73 Å². The van der Waals surface area contributed by atoms with E-state index in [1.807, 2.05) is 45.0 Å². The summed E-state index contributed by atoms with van der Waals surface area (Å²) < 4.78 is 11.2. The molecule has 0 saturated carbocycles. The maximum Gasteiger partial charge on any atom is 0.249 e. The zero-order valence-corrected chi connectivity index (χ0v) is 11.3. The summed E-state index contributed by atoms with van der Waals surface area (Å²) in [6.07, 6.45) is 1.37. The molecule has 0 saturated heterocycles. The van der Waals surface area contributed by atoms with Crippen molar-refractivity contribution in [3.05, 3.63) is 36.2 Å². The van der Waals surface area contributed by atoms with Gasteiger partial charge in [-0.1, -0.05) is 18.2 Å². The van der Waals surface area contributed by atoms with Gasteiger partial charge in [0.05, 0.1) is 6.10 Å². The van der Waals surface area contributed by atoms with Gasteiger partial charge < -0.3 is 15.2 Å². The van der Waals surface area contributed by atoms with Gasteiger partial charge in [0, 0.05) is 0 Å². The largest absolute Gasteiger partial charge is 0.473 e. The summed E-state index contributed by atoms with van der Waals surface area (Å²) in [5, 5.41) is 0. The third-order valence-corrected chi connectivity index (χ3v) is 2.46. The van der Waals surface area contributed by atoms with Gasteiger partial charge in [0.1, 0.15) is 12.1 Å². The highest BCUT2D eigenvalue weighted by Gasteiger charge is 2.13. The van der Waals surface area contributed by atoms with Crippen LogP contribution in [0, 0.1) is 6.92 Å². The Hall–Kier alpha value is -2.30. The monoisotopic (exact) mass is 259 g/mol. The van der Waals surface area contributed by atoms with E-state index in [9.17, 15) is 0 Å². The van der Waals surface area contributed by atoms with Crippen LogP contribution in [0.5, 0.6) is 17.5 Å². The Kier molecular flexibility index (Phi) is 3.85. The minimum atomic E-state index is -0.0106. The van der Waals surface area contributed by atoms with Gasteiger partial charge >= 0.3 is 0 Å². The molecule has 0 aliphatic carbocycles. The fraction of sp³-hybridized carbons (Fsp3) is 0.286. The lowest BCUT2D eigenvalue weighted by Gasteiger charge is -2.13. The van der Waals surface area contributed by atoms with E-state index in [1.165, 1.54) is 6.33 Å². The van der Waals surface area contributed by atoms with E-state index < -0.39 is 0 Å². The minimum absolute atomic E-state index is 0.0106. The molecule has 1 aromatic heterocycles. The number of nitrogen functional groups attached to an aromatic ring is 1. The first-order chi connectivity index (χ1) is 9.08. The van der Waals surface area contributed by atoms with E-state index >= 15 is 0 Å². The number of hydrogen-bond donors (Lipinski definition) is 1. The molecule has 5 nitrogen and oxygen atoms in total. The molecule has 1 heterocycles. The first kappa shape index (κ1) is 13.1. The normalized spacial score (nSPS) is 10.5. The van der Waals surface area contributed by atoms with E-state index in [4.69, 9.17) is 15.2 Å². The molecule has 0 unspecified atom stereocenters. The SMILES string of the molecule is Cc1ccccc1Oc1ncnc(OC(C)C)c1N. The summed E-state index contributed by atoms with van der Waals surface area (Å²) in [5.74, 6) is 1.36. The minimum Gasteiger partial charge on any atom is -0.473 e. The molecular formula is C14H17N3O2. The zero-order chi connectivity index (χ0) is 13.8. The predicted octanol–water partition coefficient (Wildman–Crippen LogP) is 2.95. The first-order valence-corrected chi connectivity index (χ1v) is 6.08. The molecule has 0 fully saturated rings. The highest BCUT2D eigenvalue weighted by Crippen LogP contribution is 2.32. The molecule has 0 aliphatic rings. The maximum absolute atomic E-state index is 5.95. The Morgan fingerprint density at radius 1 is 1.11 bits per heavy atom. The van der Waals surface area contributed by atoms with Crippen molar-refractivity contribution in [3.8, 4) is 17.5 Å².